The van der Waals surface area contributed by atoms with Crippen LogP contribution in [-0.4, -0.2) is 75.6 Å². The Hall–Kier alpha value is -3.25. The van der Waals surface area contributed by atoms with E-state index < -0.39 is 10.0 Å². The molecule has 2 fully saturated rings. The summed E-state index contributed by atoms with van der Waals surface area (Å²) in [6, 6.07) is 15.1. The lowest BCUT2D eigenvalue weighted by molar-refractivity contribution is 0.313. The van der Waals surface area contributed by atoms with Crippen LogP contribution in [0, 0.1) is 6.92 Å². The van der Waals surface area contributed by atoms with Crippen molar-refractivity contribution in [2.75, 3.05) is 61.8 Å². The number of hydrogen-bond donors (Lipinski definition) is 4. The maximum absolute atomic E-state index is 13.0. The van der Waals surface area contributed by atoms with Crippen LogP contribution in [0.2, 0.25) is 0 Å². The number of benzene rings is 2. The van der Waals surface area contributed by atoms with Crippen molar-refractivity contribution in [2.45, 2.75) is 30.7 Å². The van der Waals surface area contributed by atoms with E-state index >= 15 is 0 Å². The maximum Gasteiger partial charge on any atom is 0.240 e. The number of piperazine rings is 1. The molecule has 38 heavy (non-hydrogen) atoms. The van der Waals surface area contributed by atoms with Crippen LogP contribution in [0.25, 0.3) is 0 Å². The molecule has 2 aliphatic rings. The van der Waals surface area contributed by atoms with Gasteiger partial charge in [-0.2, -0.15) is 4.98 Å². The molecule has 0 unspecified atom stereocenters. The average molecular weight is 537 g/mol. The van der Waals surface area contributed by atoms with Crippen molar-refractivity contribution in [1.29, 1.82) is 0 Å². The van der Waals surface area contributed by atoms with Gasteiger partial charge in [0.1, 0.15) is 5.82 Å². The summed E-state index contributed by atoms with van der Waals surface area (Å²) < 4.78 is 28.8. The summed E-state index contributed by atoms with van der Waals surface area (Å²) >= 11 is 0. The van der Waals surface area contributed by atoms with Gasteiger partial charge in [0.25, 0.3) is 0 Å². The first-order valence-corrected chi connectivity index (χ1v) is 14.6. The second-order valence-electron chi connectivity index (χ2n) is 9.99. The Morgan fingerprint density at radius 3 is 2.42 bits per heavy atom. The summed E-state index contributed by atoms with van der Waals surface area (Å²) in [5, 5.41) is 9.80. The van der Waals surface area contributed by atoms with E-state index in [1.165, 1.54) is 5.69 Å². The fourth-order valence-corrected chi connectivity index (χ4v) is 6.03. The van der Waals surface area contributed by atoms with Crippen LogP contribution in [0.1, 0.15) is 18.4 Å². The molecule has 0 aliphatic carbocycles. The minimum atomic E-state index is -3.62. The molecule has 2 aromatic carbocycles. The molecule has 0 radical (unpaired) electrons. The van der Waals surface area contributed by atoms with Gasteiger partial charge in [0, 0.05) is 61.0 Å². The van der Waals surface area contributed by atoms with Crippen molar-refractivity contribution in [2.24, 2.45) is 0 Å². The first-order valence-electron chi connectivity index (χ1n) is 13.1. The normalized spacial score (nSPS) is 17.4. The molecule has 2 saturated heterocycles. The molecule has 1 aromatic heterocycles. The van der Waals surface area contributed by atoms with Crippen LogP contribution < -0.4 is 25.6 Å². The van der Waals surface area contributed by atoms with Crippen LogP contribution in [0.15, 0.2) is 59.6 Å². The predicted octanol–water partition coefficient (Wildman–Crippen LogP) is 3.05. The van der Waals surface area contributed by atoms with E-state index in [1.54, 1.807) is 24.4 Å². The van der Waals surface area contributed by atoms with Crippen molar-refractivity contribution >= 4 is 38.9 Å². The summed E-state index contributed by atoms with van der Waals surface area (Å²) in [5.41, 5.74) is 3.60. The van der Waals surface area contributed by atoms with Crippen molar-refractivity contribution < 1.29 is 8.42 Å². The molecule has 0 saturated carbocycles. The smallest absolute Gasteiger partial charge is 0.240 e. The van der Waals surface area contributed by atoms with Crippen molar-refractivity contribution in [3.63, 3.8) is 0 Å². The largest absolute Gasteiger partial charge is 0.369 e. The molecular formula is C27H36N8O2S. The van der Waals surface area contributed by atoms with Gasteiger partial charge < -0.3 is 25.8 Å². The van der Waals surface area contributed by atoms with Crippen molar-refractivity contribution in [1.82, 2.24) is 24.9 Å². The number of rotatable bonds is 8. The monoisotopic (exact) mass is 536 g/mol. The molecular weight excluding hydrogens is 500 g/mol. The number of nitrogens with zero attached hydrogens (tertiary/aromatic N) is 4. The zero-order chi connectivity index (χ0) is 26.5. The van der Waals surface area contributed by atoms with E-state index in [0.717, 1.165) is 63.4 Å². The lowest BCUT2D eigenvalue weighted by Crippen LogP contribution is -2.44. The van der Waals surface area contributed by atoms with E-state index in [-0.39, 0.29) is 10.9 Å². The molecule has 11 heteroatoms. The molecule has 0 spiro atoms. The highest BCUT2D eigenvalue weighted by molar-refractivity contribution is 7.89. The standard InChI is InChI=1S/C27H36N8O2S/c1-20-19-29-27(31-21-6-8-24(9-7-21)35-16-14-34(2)15-17-35)32-26(20)30-23-4-3-5-25(18-23)38(36,37)33-22-10-12-28-13-11-22/h3-9,18-19,22,28,33H,10-17H2,1-2H3,(H2,29,30,31,32). The molecule has 0 atom stereocenters. The zero-order valence-electron chi connectivity index (χ0n) is 21.9. The molecule has 0 amide bonds. The topological polar surface area (TPSA) is 115 Å². The molecule has 3 heterocycles. The van der Waals surface area contributed by atoms with E-state index in [0.29, 0.717) is 17.5 Å². The molecule has 2 aliphatic heterocycles. The number of piperidine rings is 1. The van der Waals surface area contributed by atoms with Gasteiger partial charge in [-0.25, -0.2) is 18.1 Å². The molecule has 3 aromatic rings. The summed E-state index contributed by atoms with van der Waals surface area (Å²) in [6.07, 6.45) is 3.31. The highest BCUT2D eigenvalue weighted by Gasteiger charge is 2.22. The third-order valence-corrected chi connectivity index (χ3v) is 8.55. The lowest BCUT2D eigenvalue weighted by Gasteiger charge is -2.34. The van der Waals surface area contributed by atoms with Gasteiger partial charge in [-0.05, 0) is 82.4 Å². The Kier molecular flexibility index (Phi) is 8.08. The van der Waals surface area contributed by atoms with Gasteiger partial charge in [0.2, 0.25) is 16.0 Å². The van der Waals surface area contributed by atoms with E-state index in [4.69, 9.17) is 0 Å². The second kappa shape index (κ2) is 11.6. The second-order valence-corrected chi connectivity index (χ2v) is 11.7. The number of aryl methyl sites for hydroxylation is 1. The van der Waals surface area contributed by atoms with Gasteiger partial charge in [-0.15, -0.1) is 0 Å². The van der Waals surface area contributed by atoms with Crippen LogP contribution in [0.5, 0.6) is 0 Å². The highest BCUT2D eigenvalue weighted by atomic mass is 32.2. The maximum atomic E-state index is 13.0. The Bertz CT molecular complexity index is 1340. The number of anilines is 5. The molecule has 5 rings (SSSR count). The number of likely N-dealkylation sites (N-methyl/N-ethyl adjacent to an activating group) is 1. The van der Waals surface area contributed by atoms with Gasteiger partial charge in [-0.1, -0.05) is 6.07 Å². The fourth-order valence-electron chi connectivity index (χ4n) is 4.68. The number of hydrogen-bond acceptors (Lipinski definition) is 9. The van der Waals surface area contributed by atoms with Crippen LogP contribution in [0.3, 0.4) is 0 Å². The van der Waals surface area contributed by atoms with Crippen molar-refractivity contribution in [3.05, 3.63) is 60.3 Å². The van der Waals surface area contributed by atoms with Gasteiger partial charge >= 0.3 is 0 Å². The third-order valence-electron chi connectivity index (χ3n) is 7.03. The Morgan fingerprint density at radius 1 is 0.947 bits per heavy atom. The Morgan fingerprint density at radius 2 is 1.68 bits per heavy atom. The number of sulfonamides is 1. The predicted molar refractivity (Wildman–Crippen MR) is 152 cm³/mol. The van der Waals surface area contributed by atoms with Crippen LogP contribution in [0.4, 0.5) is 28.8 Å². The van der Waals surface area contributed by atoms with Crippen LogP contribution >= 0.6 is 0 Å². The molecule has 4 N–H and O–H groups in total. The summed E-state index contributed by atoms with van der Waals surface area (Å²) in [5.74, 6) is 1.07. The van der Waals surface area contributed by atoms with E-state index in [9.17, 15) is 8.42 Å². The summed E-state index contributed by atoms with van der Waals surface area (Å²) in [4.78, 5) is 14.0. The fraction of sp³-hybridized carbons (Fsp3) is 0.407. The lowest BCUT2D eigenvalue weighted by atomic mass is 10.1. The minimum Gasteiger partial charge on any atom is -0.369 e. The van der Waals surface area contributed by atoms with E-state index in [1.807, 2.05) is 25.1 Å². The third kappa shape index (κ3) is 6.60. The minimum absolute atomic E-state index is 0.0498. The number of aromatic nitrogens is 2. The molecule has 10 nitrogen and oxygen atoms in total. The van der Waals surface area contributed by atoms with Gasteiger partial charge in [0.05, 0.1) is 4.90 Å². The SMILES string of the molecule is Cc1cnc(Nc2ccc(N3CCN(C)CC3)cc2)nc1Nc1cccc(S(=O)(=O)NC2CCNCC2)c1. The molecule has 0 bridgehead atoms. The highest BCUT2D eigenvalue weighted by Crippen LogP contribution is 2.25. The average Bonchev–Trinajstić information content (AvgIpc) is 2.92. The summed E-state index contributed by atoms with van der Waals surface area (Å²) in [6.45, 7) is 7.73. The Balaban J connectivity index is 1.26. The van der Waals surface area contributed by atoms with Crippen molar-refractivity contribution in [3.8, 4) is 0 Å². The van der Waals surface area contributed by atoms with E-state index in [2.05, 4.69) is 59.6 Å². The first kappa shape index (κ1) is 26.4. The number of nitrogens with one attached hydrogen (secondary N) is 4. The van der Waals surface area contributed by atoms with Gasteiger partial charge in [0.15, 0.2) is 0 Å². The summed E-state index contributed by atoms with van der Waals surface area (Å²) in [7, 11) is -1.46. The molecule has 202 valence electrons. The quantitative estimate of drug-likeness (QED) is 0.345. The van der Waals surface area contributed by atoms with Gasteiger partial charge in [-0.3, -0.25) is 0 Å². The Labute approximate surface area is 224 Å². The first-order chi connectivity index (χ1) is 18.4. The van der Waals surface area contributed by atoms with Crippen LogP contribution in [-0.2, 0) is 10.0 Å². The zero-order valence-corrected chi connectivity index (χ0v) is 22.8.